The van der Waals surface area contributed by atoms with Gasteiger partial charge in [-0.25, -0.2) is 4.79 Å². The Bertz CT molecular complexity index is 1090. The second-order valence-electron chi connectivity index (χ2n) is 10.4. The number of fused-ring (bicyclic) bond motifs is 1. The number of piperazine rings is 1. The fourth-order valence-electron chi connectivity index (χ4n) is 4.70. The normalized spacial score (nSPS) is 20.9. The second-order valence-corrected chi connectivity index (χ2v) is 10.4. The first-order chi connectivity index (χ1) is 17.0. The number of rotatable bonds is 5. The Morgan fingerprint density at radius 3 is 2.42 bits per heavy atom. The van der Waals surface area contributed by atoms with E-state index in [1.807, 2.05) is 26.8 Å². The van der Waals surface area contributed by atoms with Crippen molar-refractivity contribution in [3.05, 3.63) is 29.3 Å². The maximum atomic E-state index is 13.4. The first kappa shape index (κ1) is 25.6. The molecule has 0 spiro atoms. The summed E-state index contributed by atoms with van der Waals surface area (Å²) in [4.78, 5) is 69.4. The predicted octanol–water partition coefficient (Wildman–Crippen LogP) is 1.08. The first-order valence-corrected chi connectivity index (χ1v) is 12.2. The summed E-state index contributed by atoms with van der Waals surface area (Å²) in [7, 11) is 1.72. The molecule has 1 atom stereocenters. The zero-order chi connectivity index (χ0) is 26.2. The number of carbonyl (C=O) groups excluding carboxylic acids is 5. The number of likely N-dealkylation sites (N-methyl/N-ethyl adjacent to an activating group) is 1. The van der Waals surface area contributed by atoms with Crippen molar-refractivity contribution < 1.29 is 28.7 Å². The molecule has 0 aromatic heterocycles. The third kappa shape index (κ3) is 5.20. The number of anilines is 1. The topological polar surface area (TPSA) is 120 Å². The first-order valence-electron chi connectivity index (χ1n) is 12.2. The highest BCUT2D eigenvalue weighted by atomic mass is 16.6. The molecule has 3 aliphatic rings. The minimum atomic E-state index is -0.984. The lowest BCUT2D eigenvalue weighted by molar-refractivity contribution is -0.136. The molecule has 1 aromatic rings. The summed E-state index contributed by atoms with van der Waals surface area (Å²) in [5, 5.41) is 2.22. The molecule has 1 N–H and O–H groups in total. The highest BCUT2D eigenvalue weighted by molar-refractivity contribution is 6.25. The number of hydrogen-bond donors (Lipinski definition) is 1. The number of piperidine rings is 1. The average molecular weight is 500 g/mol. The maximum Gasteiger partial charge on any atom is 0.410 e. The lowest BCUT2D eigenvalue weighted by atomic mass is 10.0. The lowest BCUT2D eigenvalue weighted by Crippen LogP contribution is -2.54. The number of amides is 5. The number of imide groups is 2. The van der Waals surface area contributed by atoms with Gasteiger partial charge in [0.05, 0.1) is 16.8 Å². The van der Waals surface area contributed by atoms with Gasteiger partial charge >= 0.3 is 6.09 Å². The largest absolute Gasteiger partial charge is 0.444 e. The summed E-state index contributed by atoms with van der Waals surface area (Å²) in [5.74, 6) is -2.02. The van der Waals surface area contributed by atoms with E-state index in [1.54, 1.807) is 24.1 Å². The van der Waals surface area contributed by atoms with Gasteiger partial charge in [-0.2, -0.15) is 0 Å². The third-order valence-electron chi connectivity index (χ3n) is 6.62. The minimum Gasteiger partial charge on any atom is -0.444 e. The van der Waals surface area contributed by atoms with Crippen LogP contribution in [0.3, 0.4) is 0 Å². The van der Waals surface area contributed by atoms with Gasteiger partial charge in [-0.3, -0.25) is 34.3 Å². The van der Waals surface area contributed by atoms with Crippen LogP contribution < -0.4 is 10.2 Å². The predicted molar refractivity (Wildman–Crippen MR) is 131 cm³/mol. The van der Waals surface area contributed by atoms with Crippen molar-refractivity contribution in [1.29, 1.82) is 0 Å². The van der Waals surface area contributed by atoms with Crippen LogP contribution in [0.5, 0.6) is 0 Å². The second kappa shape index (κ2) is 9.88. The SMILES string of the molecule is CN(CCN1CCN(c2cccc3c2C(=O)N(C2CCC(=O)NC2=O)C3=O)CC1)C(=O)OC(C)(C)C. The Hall–Kier alpha value is -3.47. The monoisotopic (exact) mass is 499 g/mol. The molecule has 5 amide bonds. The molecule has 1 unspecified atom stereocenters. The van der Waals surface area contributed by atoms with E-state index in [9.17, 15) is 24.0 Å². The molecule has 0 radical (unpaired) electrons. The van der Waals surface area contributed by atoms with E-state index in [0.29, 0.717) is 37.4 Å². The van der Waals surface area contributed by atoms with Gasteiger partial charge in [-0.1, -0.05) is 6.07 Å². The van der Waals surface area contributed by atoms with E-state index < -0.39 is 35.3 Å². The summed E-state index contributed by atoms with van der Waals surface area (Å²) in [6.07, 6.45) is -0.145. The number of ether oxygens (including phenoxy) is 1. The van der Waals surface area contributed by atoms with Crippen molar-refractivity contribution in [1.82, 2.24) is 20.0 Å². The molecule has 2 fully saturated rings. The van der Waals surface area contributed by atoms with E-state index in [1.165, 1.54) is 0 Å². The van der Waals surface area contributed by atoms with Crippen molar-refractivity contribution in [2.75, 3.05) is 51.2 Å². The molecule has 4 rings (SSSR count). The fraction of sp³-hybridized carbons (Fsp3) is 0.560. The van der Waals surface area contributed by atoms with Crippen LogP contribution in [0.2, 0.25) is 0 Å². The highest BCUT2D eigenvalue weighted by Crippen LogP contribution is 2.34. The summed E-state index contributed by atoms with van der Waals surface area (Å²) < 4.78 is 5.40. The average Bonchev–Trinajstić information content (AvgIpc) is 3.07. The van der Waals surface area contributed by atoms with Crippen LogP contribution >= 0.6 is 0 Å². The number of carbonyl (C=O) groups is 5. The zero-order valence-electron chi connectivity index (χ0n) is 21.2. The molecule has 0 aliphatic carbocycles. The van der Waals surface area contributed by atoms with E-state index in [-0.39, 0.29) is 24.5 Å². The molecule has 11 heteroatoms. The number of hydrogen-bond acceptors (Lipinski definition) is 8. The number of benzene rings is 1. The van der Waals surface area contributed by atoms with E-state index in [2.05, 4.69) is 15.1 Å². The van der Waals surface area contributed by atoms with Gasteiger partial charge in [-0.05, 0) is 39.3 Å². The summed E-state index contributed by atoms with van der Waals surface area (Å²) in [5.41, 5.74) is 0.722. The van der Waals surface area contributed by atoms with E-state index in [4.69, 9.17) is 4.74 Å². The number of nitrogens with one attached hydrogen (secondary N) is 1. The molecule has 194 valence electrons. The van der Waals surface area contributed by atoms with Gasteiger partial charge in [-0.15, -0.1) is 0 Å². The van der Waals surface area contributed by atoms with E-state index >= 15 is 0 Å². The summed E-state index contributed by atoms with van der Waals surface area (Å²) in [6.45, 7) is 9.47. The van der Waals surface area contributed by atoms with Crippen LogP contribution in [0, 0.1) is 0 Å². The Kier molecular flexibility index (Phi) is 7.03. The molecular formula is C25H33N5O6. The lowest BCUT2D eigenvalue weighted by Gasteiger charge is -2.37. The van der Waals surface area contributed by atoms with Gasteiger partial charge in [0.2, 0.25) is 11.8 Å². The van der Waals surface area contributed by atoms with Gasteiger partial charge in [0.25, 0.3) is 11.8 Å². The van der Waals surface area contributed by atoms with Crippen molar-refractivity contribution >= 4 is 35.4 Å². The van der Waals surface area contributed by atoms with Gasteiger partial charge in [0.1, 0.15) is 11.6 Å². The van der Waals surface area contributed by atoms with Gasteiger partial charge < -0.3 is 14.5 Å². The molecule has 36 heavy (non-hydrogen) atoms. The van der Waals surface area contributed by atoms with Crippen LogP contribution in [0.25, 0.3) is 0 Å². The molecular weight excluding hydrogens is 466 g/mol. The zero-order valence-corrected chi connectivity index (χ0v) is 21.2. The van der Waals surface area contributed by atoms with Crippen LogP contribution in [0.1, 0.15) is 54.3 Å². The smallest absolute Gasteiger partial charge is 0.410 e. The molecule has 11 nitrogen and oxygen atoms in total. The Labute approximate surface area is 210 Å². The maximum absolute atomic E-state index is 13.4. The Balaban J connectivity index is 1.39. The van der Waals surface area contributed by atoms with E-state index in [0.717, 1.165) is 18.0 Å². The Morgan fingerprint density at radius 1 is 1.08 bits per heavy atom. The Morgan fingerprint density at radius 2 is 1.78 bits per heavy atom. The molecule has 2 saturated heterocycles. The minimum absolute atomic E-state index is 0.0851. The van der Waals surface area contributed by atoms with Crippen LogP contribution in [0.15, 0.2) is 18.2 Å². The van der Waals surface area contributed by atoms with Gasteiger partial charge in [0.15, 0.2) is 0 Å². The molecule has 1 aromatic carbocycles. The van der Waals surface area contributed by atoms with Crippen molar-refractivity contribution in [2.45, 2.75) is 45.3 Å². The van der Waals surface area contributed by atoms with Crippen LogP contribution in [-0.4, -0.2) is 102 Å². The fourth-order valence-corrected chi connectivity index (χ4v) is 4.70. The molecule has 3 heterocycles. The van der Waals surface area contributed by atoms with Gasteiger partial charge in [0, 0.05) is 52.7 Å². The third-order valence-corrected chi connectivity index (χ3v) is 6.62. The highest BCUT2D eigenvalue weighted by Gasteiger charge is 2.46. The summed E-state index contributed by atoms with van der Waals surface area (Å²) >= 11 is 0. The molecule has 0 saturated carbocycles. The molecule has 0 bridgehead atoms. The molecule has 3 aliphatic heterocycles. The van der Waals surface area contributed by atoms with Crippen molar-refractivity contribution in [3.8, 4) is 0 Å². The number of nitrogens with zero attached hydrogens (tertiary/aromatic N) is 4. The van der Waals surface area contributed by atoms with Crippen LogP contribution in [0.4, 0.5) is 10.5 Å². The standard InChI is InChI=1S/C25H33N5O6/c1-25(2,3)36-24(35)27(4)10-11-28-12-14-29(15-13-28)17-7-5-6-16-20(17)23(34)30(22(16)33)18-8-9-19(31)26-21(18)32/h5-7,18H,8-15H2,1-4H3,(H,26,31,32). The van der Waals surface area contributed by atoms with Crippen LogP contribution in [-0.2, 0) is 14.3 Å². The van der Waals surface area contributed by atoms with Crippen molar-refractivity contribution in [2.24, 2.45) is 0 Å². The van der Waals surface area contributed by atoms with Crippen molar-refractivity contribution in [3.63, 3.8) is 0 Å². The quantitative estimate of drug-likeness (QED) is 0.598. The summed E-state index contributed by atoms with van der Waals surface area (Å²) in [6, 6.07) is 4.19.